The van der Waals surface area contributed by atoms with Crippen LogP contribution in [0.15, 0.2) is 54.7 Å². The highest BCUT2D eigenvalue weighted by Gasteiger charge is 2.10. The third-order valence-corrected chi connectivity index (χ3v) is 3.56. The number of aromatic nitrogens is 1. The Bertz CT molecular complexity index is 548. The summed E-state index contributed by atoms with van der Waals surface area (Å²) in [4.78, 5) is 19.3. The second kappa shape index (κ2) is 9.02. The van der Waals surface area contributed by atoms with E-state index in [4.69, 9.17) is 5.11 Å². The summed E-state index contributed by atoms with van der Waals surface area (Å²) in [6.45, 7) is 3.11. The summed E-state index contributed by atoms with van der Waals surface area (Å²) in [6, 6.07) is 16.2. The Balaban J connectivity index is 1.97. The molecule has 0 unspecified atom stereocenters. The van der Waals surface area contributed by atoms with E-state index < -0.39 is 5.97 Å². The van der Waals surface area contributed by atoms with E-state index in [-0.39, 0.29) is 6.54 Å². The number of carboxylic acid groups (broad SMARTS) is 1. The van der Waals surface area contributed by atoms with Crippen LogP contribution in [0, 0.1) is 0 Å². The largest absolute Gasteiger partial charge is 0.480 e. The maximum absolute atomic E-state index is 10.8. The predicted molar refractivity (Wildman–Crippen MR) is 89.9 cm³/mol. The summed E-state index contributed by atoms with van der Waals surface area (Å²) in [7, 11) is 1.83. The number of carboxylic acids is 1. The van der Waals surface area contributed by atoms with Gasteiger partial charge < -0.3 is 5.11 Å². The van der Waals surface area contributed by atoms with Gasteiger partial charge in [-0.3, -0.25) is 19.6 Å². The van der Waals surface area contributed by atoms with Crippen molar-refractivity contribution < 1.29 is 9.90 Å². The van der Waals surface area contributed by atoms with E-state index >= 15 is 0 Å². The maximum atomic E-state index is 10.8. The average Bonchev–Trinajstić information content (AvgIpc) is 2.54. The molecule has 5 heteroatoms. The van der Waals surface area contributed by atoms with Crippen LogP contribution in [0.2, 0.25) is 0 Å². The zero-order valence-corrected chi connectivity index (χ0v) is 13.4. The molecule has 0 amide bonds. The Morgan fingerprint density at radius 3 is 2.43 bits per heavy atom. The van der Waals surface area contributed by atoms with E-state index in [0.717, 1.165) is 25.3 Å². The minimum Gasteiger partial charge on any atom is -0.480 e. The molecule has 1 heterocycles. The van der Waals surface area contributed by atoms with Gasteiger partial charge in [0, 0.05) is 32.4 Å². The van der Waals surface area contributed by atoms with Gasteiger partial charge in [0.15, 0.2) is 0 Å². The number of carbonyl (C=O) groups is 1. The van der Waals surface area contributed by atoms with E-state index in [9.17, 15) is 4.79 Å². The SMILES string of the molecule is CN(CCN(Cc1ccccc1)Cc1ccccn1)CC(=O)O. The van der Waals surface area contributed by atoms with Gasteiger partial charge in [-0.2, -0.15) is 0 Å². The number of hydrogen-bond donors (Lipinski definition) is 1. The molecule has 0 aliphatic rings. The number of benzene rings is 1. The fourth-order valence-corrected chi connectivity index (χ4v) is 2.40. The average molecular weight is 313 g/mol. The topological polar surface area (TPSA) is 56.7 Å². The first-order valence-corrected chi connectivity index (χ1v) is 7.70. The Labute approximate surface area is 137 Å². The first kappa shape index (κ1) is 17.1. The smallest absolute Gasteiger partial charge is 0.317 e. The van der Waals surface area contributed by atoms with Crippen LogP contribution in [-0.4, -0.2) is 52.5 Å². The zero-order valence-electron chi connectivity index (χ0n) is 13.4. The molecule has 0 fully saturated rings. The third-order valence-electron chi connectivity index (χ3n) is 3.56. The molecular formula is C18H23N3O2. The molecule has 5 nitrogen and oxygen atoms in total. The van der Waals surface area contributed by atoms with Gasteiger partial charge >= 0.3 is 5.97 Å². The molecule has 0 atom stereocenters. The van der Waals surface area contributed by atoms with Gasteiger partial charge in [0.1, 0.15) is 0 Å². The predicted octanol–water partition coefficient (Wildman–Crippen LogP) is 2.10. The van der Waals surface area contributed by atoms with Crippen LogP contribution in [0.25, 0.3) is 0 Å². The number of rotatable bonds is 9. The fraction of sp³-hybridized carbons (Fsp3) is 0.333. The molecule has 0 spiro atoms. The van der Waals surface area contributed by atoms with Crippen LogP contribution in [0.3, 0.4) is 0 Å². The highest BCUT2D eigenvalue weighted by molar-refractivity contribution is 5.68. The van der Waals surface area contributed by atoms with Gasteiger partial charge in [-0.1, -0.05) is 36.4 Å². The van der Waals surface area contributed by atoms with Crippen molar-refractivity contribution in [2.75, 3.05) is 26.7 Å². The van der Waals surface area contributed by atoms with Crippen molar-refractivity contribution in [3.8, 4) is 0 Å². The van der Waals surface area contributed by atoms with Gasteiger partial charge in [-0.25, -0.2) is 0 Å². The first-order chi connectivity index (χ1) is 11.1. The minimum atomic E-state index is -0.799. The molecule has 1 aromatic carbocycles. The second-order valence-electron chi connectivity index (χ2n) is 5.65. The van der Waals surface area contributed by atoms with E-state index in [1.807, 2.05) is 48.3 Å². The third kappa shape index (κ3) is 6.59. The molecule has 0 saturated heterocycles. The molecule has 2 rings (SSSR count). The second-order valence-corrected chi connectivity index (χ2v) is 5.65. The molecule has 0 radical (unpaired) electrons. The van der Waals surface area contributed by atoms with Crippen LogP contribution in [0.4, 0.5) is 0 Å². The first-order valence-electron chi connectivity index (χ1n) is 7.70. The summed E-state index contributed by atoms with van der Waals surface area (Å²) in [5.41, 5.74) is 2.26. The van der Waals surface area contributed by atoms with Crippen LogP contribution in [-0.2, 0) is 17.9 Å². The summed E-state index contributed by atoms with van der Waals surface area (Å²) in [6.07, 6.45) is 1.80. The van der Waals surface area contributed by atoms with E-state index in [0.29, 0.717) is 6.54 Å². The summed E-state index contributed by atoms with van der Waals surface area (Å²) < 4.78 is 0. The van der Waals surface area contributed by atoms with Crippen LogP contribution in [0.5, 0.6) is 0 Å². The van der Waals surface area contributed by atoms with Gasteiger partial charge in [0.2, 0.25) is 0 Å². The highest BCUT2D eigenvalue weighted by Crippen LogP contribution is 2.08. The summed E-state index contributed by atoms with van der Waals surface area (Å²) in [5, 5.41) is 8.85. The summed E-state index contributed by atoms with van der Waals surface area (Å²) in [5.74, 6) is -0.799. The molecule has 23 heavy (non-hydrogen) atoms. The van der Waals surface area contributed by atoms with Crippen LogP contribution in [0.1, 0.15) is 11.3 Å². The molecule has 0 saturated carbocycles. The number of aliphatic carboxylic acids is 1. The van der Waals surface area contributed by atoms with Gasteiger partial charge in [0.25, 0.3) is 0 Å². The van der Waals surface area contributed by atoms with Crippen molar-refractivity contribution in [3.05, 3.63) is 66.0 Å². The Kier molecular flexibility index (Phi) is 6.72. The highest BCUT2D eigenvalue weighted by atomic mass is 16.4. The lowest BCUT2D eigenvalue weighted by Crippen LogP contribution is -2.35. The molecule has 1 aromatic heterocycles. The Hall–Kier alpha value is -2.24. The van der Waals surface area contributed by atoms with Crippen molar-refractivity contribution in [3.63, 3.8) is 0 Å². The maximum Gasteiger partial charge on any atom is 0.317 e. The molecular weight excluding hydrogens is 290 g/mol. The van der Waals surface area contributed by atoms with E-state index in [1.165, 1.54) is 5.56 Å². The molecule has 122 valence electrons. The van der Waals surface area contributed by atoms with Crippen molar-refractivity contribution in [1.82, 2.24) is 14.8 Å². The quantitative estimate of drug-likeness (QED) is 0.768. The molecule has 2 aromatic rings. The summed E-state index contributed by atoms with van der Waals surface area (Å²) >= 11 is 0. The fourth-order valence-electron chi connectivity index (χ4n) is 2.40. The van der Waals surface area contributed by atoms with Crippen LogP contribution >= 0.6 is 0 Å². The molecule has 0 aliphatic heterocycles. The number of nitrogens with zero attached hydrogens (tertiary/aromatic N) is 3. The lowest BCUT2D eigenvalue weighted by Gasteiger charge is -2.24. The number of hydrogen-bond acceptors (Lipinski definition) is 4. The van der Waals surface area contributed by atoms with E-state index in [1.54, 1.807) is 6.20 Å². The molecule has 0 bridgehead atoms. The van der Waals surface area contributed by atoms with Crippen molar-refractivity contribution >= 4 is 5.97 Å². The normalized spacial score (nSPS) is 11.1. The minimum absolute atomic E-state index is 0.0583. The monoisotopic (exact) mass is 313 g/mol. The van der Waals surface area contributed by atoms with Crippen molar-refractivity contribution in [2.45, 2.75) is 13.1 Å². The van der Waals surface area contributed by atoms with Crippen molar-refractivity contribution in [2.24, 2.45) is 0 Å². The number of likely N-dealkylation sites (N-methyl/N-ethyl adjacent to an activating group) is 1. The molecule has 1 N–H and O–H groups in total. The standard InChI is InChI=1S/C18H23N3O2/c1-20(15-18(22)23)11-12-21(13-16-7-3-2-4-8-16)14-17-9-5-6-10-19-17/h2-10H,11-15H2,1H3,(H,22,23). The number of pyridine rings is 1. The van der Waals surface area contributed by atoms with Gasteiger partial charge in [-0.15, -0.1) is 0 Å². The van der Waals surface area contributed by atoms with Crippen LogP contribution < -0.4 is 0 Å². The Morgan fingerprint density at radius 1 is 1.04 bits per heavy atom. The van der Waals surface area contributed by atoms with E-state index in [2.05, 4.69) is 22.0 Å². The van der Waals surface area contributed by atoms with Gasteiger partial charge in [-0.05, 0) is 24.7 Å². The lowest BCUT2D eigenvalue weighted by molar-refractivity contribution is -0.138. The molecule has 0 aliphatic carbocycles. The zero-order chi connectivity index (χ0) is 16.5. The van der Waals surface area contributed by atoms with Gasteiger partial charge in [0.05, 0.1) is 12.2 Å². The van der Waals surface area contributed by atoms with Crippen molar-refractivity contribution in [1.29, 1.82) is 0 Å². The Morgan fingerprint density at radius 2 is 1.78 bits per heavy atom. The lowest BCUT2D eigenvalue weighted by atomic mass is 10.2.